The highest BCUT2D eigenvalue weighted by Gasteiger charge is 2.20. The molecule has 1 aliphatic rings. The summed E-state index contributed by atoms with van der Waals surface area (Å²) in [7, 11) is 0. The smallest absolute Gasteiger partial charge is 0.227 e. The van der Waals surface area contributed by atoms with Gasteiger partial charge in [0.25, 0.3) is 0 Å². The van der Waals surface area contributed by atoms with Gasteiger partial charge in [-0.15, -0.1) is 0 Å². The van der Waals surface area contributed by atoms with Gasteiger partial charge in [-0.3, -0.25) is 4.79 Å². The number of carbonyl (C=O) groups is 1. The van der Waals surface area contributed by atoms with E-state index in [2.05, 4.69) is 27.9 Å². The predicted octanol–water partition coefficient (Wildman–Crippen LogP) is 3.81. The maximum absolute atomic E-state index is 11.9. The van der Waals surface area contributed by atoms with Crippen LogP contribution in [0, 0.1) is 9.49 Å². The zero-order valence-electron chi connectivity index (χ0n) is 9.21. The lowest BCUT2D eigenvalue weighted by Gasteiger charge is -2.20. The molecule has 2 nitrogen and oxygen atoms in total. The first-order chi connectivity index (χ1) is 7.75. The third kappa shape index (κ3) is 3.20. The van der Waals surface area contributed by atoms with Crippen LogP contribution in [0.2, 0.25) is 0 Å². The lowest BCUT2D eigenvalue weighted by molar-refractivity contribution is -0.120. The van der Waals surface area contributed by atoms with E-state index < -0.39 is 0 Å². The predicted molar refractivity (Wildman–Crippen MR) is 74.4 cm³/mol. The molecule has 86 valence electrons. The van der Waals surface area contributed by atoms with E-state index in [0.29, 0.717) is 0 Å². The molecule has 0 heterocycles. The fourth-order valence-corrected chi connectivity index (χ4v) is 2.50. The molecule has 1 aliphatic carbocycles. The molecule has 1 fully saturated rings. The summed E-state index contributed by atoms with van der Waals surface area (Å²) in [6.07, 6.45) is 5.79. The van der Waals surface area contributed by atoms with Crippen LogP contribution in [0.15, 0.2) is 24.3 Å². The summed E-state index contributed by atoms with van der Waals surface area (Å²) in [6, 6.07) is 7.94. The topological polar surface area (TPSA) is 29.1 Å². The average molecular weight is 329 g/mol. The van der Waals surface area contributed by atoms with E-state index in [9.17, 15) is 4.79 Å². The van der Waals surface area contributed by atoms with Crippen molar-refractivity contribution in [2.45, 2.75) is 32.1 Å². The van der Waals surface area contributed by atoms with Gasteiger partial charge in [-0.2, -0.15) is 0 Å². The van der Waals surface area contributed by atoms with Gasteiger partial charge < -0.3 is 5.32 Å². The van der Waals surface area contributed by atoms with E-state index in [1.165, 1.54) is 22.8 Å². The van der Waals surface area contributed by atoms with Crippen molar-refractivity contribution in [1.82, 2.24) is 0 Å². The molecular formula is C13H16INO. The molecule has 2 rings (SSSR count). The van der Waals surface area contributed by atoms with Crippen LogP contribution in [0.25, 0.3) is 0 Å². The SMILES string of the molecule is O=C(Nc1ccc(I)cc1)C1CCCCC1. The van der Waals surface area contributed by atoms with Crippen molar-refractivity contribution in [3.05, 3.63) is 27.8 Å². The Morgan fingerprint density at radius 1 is 1.12 bits per heavy atom. The maximum atomic E-state index is 11.9. The van der Waals surface area contributed by atoms with Gasteiger partial charge in [-0.05, 0) is 59.7 Å². The highest BCUT2D eigenvalue weighted by molar-refractivity contribution is 14.1. The number of amides is 1. The van der Waals surface area contributed by atoms with Crippen molar-refractivity contribution in [1.29, 1.82) is 0 Å². The molecule has 0 aromatic heterocycles. The molecule has 1 aromatic carbocycles. The summed E-state index contributed by atoms with van der Waals surface area (Å²) >= 11 is 2.26. The van der Waals surface area contributed by atoms with Gasteiger partial charge in [0, 0.05) is 15.2 Å². The van der Waals surface area contributed by atoms with Crippen molar-refractivity contribution in [2.75, 3.05) is 5.32 Å². The van der Waals surface area contributed by atoms with Crippen molar-refractivity contribution in [2.24, 2.45) is 5.92 Å². The van der Waals surface area contributed by atoms with Crippen LogP contribution in [-0.4, -0.2) is 5.91 Å². The Balaban J connectivity index is 1.93. The van der Waals surface area contributed by atoms with Crippen LogP contribution < -0.4 is 5.32 Å². The van der Waals surface area contributed by atoms with Crippen LogP contribution >= 0.6 is 22.6 Å². The number of nitrogens with one attached hydrogen (secondary N) is 1. The molecule has 1 N–H and O–H groups in total. The molecule has 0 unspecified atom stereocenters. The molecule has 0 spiro atoms. The second kappa shape index (κ2) is 5.66. The maximum Gasteiger partial charge on any atom is 0.227 e. The summed E-state index contributed by atoms with van der Waals surface area (Å²) in [5.74, 6) is 0.425. The van der Waals surface area contributed by atoms with Crippen LogP contribution in [0.5, 0.6) is 0 Å². The van der Waals surface area contributed by atoms with Crippen molar-refractivity contribution >= 4 is 34.2 Å². The van der Waals surface area contributed by atoms with E-state index in [4.69, 9.17) is 0 Å². The van der Waals surface area contributed by atoms with Crippen LogP contribution in [0.4, 0.5) is 5.69 Å². The fourth-order valence-electron chi connectivity index (χ4n) is 2.14. The standard InChI is InChI=1S/C13H16INO/c14-11-6-8-12(9-7-11)15-13(16)10-4-2-1-3-5-10/h6-10H,1-5H2,(H,15,16). The van der Waals surface area contributed by atoms with Crippen LogP contribution in [0.1, 0.15) is 32.1 Å². The summed E-state index contributed by atoms with van der Waals surface area (Å²) in [5.41, 5.74) is 0.913. The molecule has 1 saturated carbocycles. The monoisotopic (exact) mass is 329 g/mol. The minimum absolute atomic E-state index is 0.195. The number of hydrogen-bond donors (Lipinski definition) is 1. The number of hydrogen-bond acceptors (Lipinski definition) is 1. The second-order valence-electron chi connectivity index (χ2n) is 4.33. The fraction of sp³-hybridized carbons (Fsp3) is 0.462. The molecule has 3 heteroatoms. The van der Waals surface area contributed by atoms with E-state index >= 15 is 0 Å². The molecule has 1 aromatic rings. The number of benzene rings is 1. The first kappa shape index (κ1) is 11.9. The van der Waals surface area contributed by atoms with Gasteiger partial charge in [0.1, 0.15) is 0 Å². The first-order valence-corrected chi connectivity index (χ1v) is 6.90. The van der Waals surface area contributed by atoms with Gasteiger partial charge in [0.15, 0.2) is 0 Å². The normalized spacial score (nSPS) is 17.1. The van der Waals surface area contributed by atoms with Crippen molar-refractivity contribution in [3.63, 3.8) is 0 Å². The molecule has 0 aliphatic heterocycles. The Morgan fingerprint density at radius 2 is 1.75 bits per heavy atom. The zero-order chi connectivity index (χ0) is 11.4. The highest BCUT2D eigenvalue weighted by atomic mass is 127. The number of rotatable bonds is 2. The van der Waals surface area contributed by atoms with Crippen molar-refractivity contribution < 1.29 is 4.79 Å². The minimum atomic E-state index is 0.195. The molecule has 0 radical (unpaired) electrons. The Kier molecular flexibility index (Phi) is 4.21. The lowest BCUT2D eigenvalue weighted by atomic mass is 9.88. The molecule has 0 saturated heterocycles. The molecule has 0 atom stereocenters. The van der Waals surface area contributed by atoms with Crippen LogP contribution in [-0.2, 0) is 4.79 Å². The Labute approximate surface area is 110 Å². The Morgan fingerprint density at radius 3 is 2.38 bits per heavy atom. The highest BCUT2D eigenvalue weighted by Crippen LogP contribution is 2.25. The number of anilines is 1. The summed E-state index contributed by atoms with van der Waals surface area (Å²) in [5, 5.41) is 3.00. The van der Waals surface area contributed by atoms with E-state index in [-0.39, 0.29) is 11.8 Å². The largest absolute Gasteiger partial charge is 0.326 e. The third-order valence-electron chi connectivity index (χ3n) is 3.09. The molecular weight excluding hydrogens is 313 g/mol. The minimum Gasteiger partial charge on any atom is -0.326 e. The Hall–Kier alpha value is -0.580. The Bertz CT molecular complexity index is 355. The van der Waals surface area contributed by atoms with Gasteiger partial charge in [0.05, 0.1) is 0 Å². The molecule has 1 amide bonds. The van der Waals surface area contributed by atoms with E-state index in [0.717, 1.165) is 18.5 Å². The number of carbonyl (C=O) groups excluding carboxylic acids is 1. The molecule has 16 heavy (non-hydrogen) atoms. The van der Waals surface area contributed by atoms with Crippen molar-refractivity contribution in [3.8, 4) is 0 Å². The van der Waals surface area contributed by atoms with Gasteiger partial charge in [0.2, 0.25) is 5.91 Å². The summed E-state index contributed by atoms with van der Waals surface area (Å²) in [4.78, 5) is 11.9. The van der Waals surface area contributed by atoms with Crippen LogP contribution in [0.3, 0.4) is 0 Å². The van der Waals surface area contributed by atoms with Gasteiger partial charge in [-0.25, -0.2) is 0 Å². The lowest BCUT2D eigenvalue weighted by Crippen LogP contribution is -2.24. The number of halogens is 1. The van der Waals surface area contributed by atoms with E-state index in [1.807, 2.05) is 24.3 Å². The molecule has 0 bridgehead atoms. The third-order valence-corrected chi connectivity index (χ3v) is 3.81. The quantitative estimate of drug-likeness (QED) is 0.822. The zero-order valence-corrected chi connectivity index (χ0v) is 11.4. The first-order valence-electron chi connectivity index (χ1n) is 5.82. The summed E-state index contributed by atoms with van der Waals surface area (Å²) in [6.45, 7) is 0. The second-order valence-corrected chi connectivity index (χ2v) is 5.58. The average Bonchev–Trinajstić information content (AvgIpc) is 2.33. The summed E-state index contributed by atoms with van der Waals surface area (Å²) < 4.78 is 1.19. The van der Waals surface area contributed by atoms with Gasteiger partial charge in [-0.1, -0.05) is 19.3 Å². The van der Waals surface area contributed by atoms with Gasteiger partial charge >= 0.3 is 0 Å². The van der Waals surface area contributed by atoms with E-state index in [1.54, 1.807) is 0 Å².